The van der Waals surface area contributed by atoms with Crippen LogP contribution in [0.15, 0.2) is 58.2 Å². The van der Waals surface area contributed by atoms with E-state index in [2.05, 4.69) is 11.1 Å². The second-order valence-electron chi connectivity index (χ2n) is 7.94. The van der Waals surface area contributed by atoms with E-state index >= 15 is 0 Å². The van der Waals surface area contributed by atoms with Crippen molar-refractivity contribution in [1.82, 2.24) is 14.8 Å². The smallest absolute Gasteiger partial charge is 0.295 e. The molecule has 0 bridgehead atoms. The Kier molecular flexibility index (Phi) is 5.27. The van der Waals surface area contributed by atoms with Crippen molar-refractivity contribution in [2.75, 3.05) is 18.5 Å². The predicted octanol–water partition coefficient (Wildman–Crippen LogP) is 5.55. The van der Waals surface area contributed by atoms with Crippen molar-refractivity contribution < 1.29 is 4.42 Å². The largest absolute Gasteiger partial charge is 0.444 e. The van der Waals surface area contributed by atoms with Gasteiger partial charge in [0, 0.05) is 30.3 Å². The van der Waals surface area contributed by atoms with Gasteiger partial charge >= 0.3 is 0 Å². The first-order valence-corrected chi connectivity index (χ1v) is 11.0. The summed E-state index contributed by atoms with van der Waals surface area (Å²) in [7, 11) is 1.93. The van der Waals surface area contributed by atoms with Gasteiger partial charge < -0.3 is 9.32 Å². The molecule has 0 atom stereocenters. The maximum absolute atomic E-state index is 13.6. The molecule has 0 spiro atoms. The van der Waals surface area contributed by atoms with E-state index < -0.39 is 0 Å². The average Bonchev–Trinajstić information content (AvgIpc) is 3.30. The molecule has 0 saturated heterocycles. The van der Waals surface area contributed by atoms with E-state index in [0.717, 1.165) is 47.3 Å². The molecule has 162 valence electrons. The Bertz CT molecular complexity index is 1360. The molecule has 0 saturated carbocycles. The van der Waals surface area contributed by atoms with Gasteiger partial charge in [-0.15, -0.1) is 0 Å². The minimum Gasteiger partial charge on any atom is -0.444 e. The van der Waals surface area contributed by atoms with E-state index in [1.54, 1.807) is 24.4 Å². The lowest BCUT2D eigenvalue weighted by atomic mass is 9.95. The van der Waals surface area contributed by atoms with Gasteiger partial charge in [-0.1, -0.05) is 29.3 Å². The normalized spacial score (nSPS) is 13.3. The third kappa shape index (κ3) is 3.49. The number of fused-ring (bicyclic) bond motifs is 1. The van der Waals surface area contributed by atoms with Gasteiger partial charge in [0.1, 0.15) is 11.4 Å². The first-order valence-electron chi connectivity index (χ1n) is 10.3. The number of para-hydroxylation sites is 1. The predicted molar refractivity (Wildman–Crippen MR) is 127 cm³/mol. The van der Waals surface area contributed by atoms with Crippen LogP contribution in [0.25, 0.3) is 28.3 Å². The van der Waals surface area contributed by atoms with Crippen LogP contribution in [0.1, 0.15) is 17.5 Å². The van der Waals surface area contributed by atoms with Crippen LogP contribution < -0.4 is 10.5 Å². The highest BCUT2D eigenvalue weighted by molar-refractivity contribution is 6.37. The van der Waals surface area contributed by atoms with Crippen molar-refractivity contribution >= 4 is 28.9 Å². The van der Waals surface area contributed by atoms with Crippen LogP contribution in [-0.4, -0.2) is 28.4 Å². The zero-order valence-corrected chi connectivity index (χ0v) is 19.1. The molecule has 8 heteroatoms. The molecule has 1 aliphatic heterocycles. The summed E-state index contributed by atoms with van der Waals surface area (Å²) < 4.78 is 6.84. The zero-order chi connectivity index (χ0) is 22.4. The number of anilines is 1. The number of hydrogen-bond acceptors (Lipinski definition) is 5. The fourth-order valence-electron chi connectivity index (χ4n) is 4.28. The molecule has 0 N–H and O–H groups in total. The van der Waals surface area contributed by atoms with Crippen LogP contribution in [0.5, 0.6) is 0 Å². The third-order valence-electron chi connectivity index (χ3n) is 5.69. The highest BCUT2D eigenvalue weighted by atomic mass is 35.5. The molecule has 0 amide bonds. The molecule has 0 unspecified atom stereocenters. The molecule has 5 rings (SSSR count). The van der Waals surface area contributed by atoms with Gasteiger partial charge in [-0.2, -0.15) is 9.78 Å². The Labute approximate surface area is 195 Å². The second kappa shape index (κ2) is 8.11. The molecular weight excluding hydrogens is 447 g/mol. The molecule has 3 heterocycles. The first kappa shape index (κ1) is 20.8. The van der Waals surface area contributed by atoms with E-state index in [9.17, 15) is 4.79 Å². The van der Waals surface area contributed by atoms with Crippen molar-refractivity contribution in [3.63, 3.8) is 0 Å². The minimum absolute atomic E-state index is 0.232. The van der Waals surface area contributed by atoms with E-state index in [4.69, 9.17) is 32.7 Å². The summed E-state index contributed by atoms with van der Waals surface area (Å²) in [6, 6.07) is 11.2. The quantitative estimate of drug-likeness (QED) is 0.395. The van der Waals surface area contributed by atoms with Gasteiger partial charge in [-0.3, -0.25) is 4.79 Å². The first-order chi connectivity index (χ1) is 15.4. The lowest BCUT2D eigenvalue weighted by molar-refractivity contribution is 0.572. The highest BCUT2D eigenvalue weighted by Gasteiger charge is 2.26. The lowest BCUT2D eigenvalue weighted by Gasteiger charge is -2.29. The number of hydrogen-bond donors (Lipinski definition) is 0. The fraction of sp³-hybridized carbons (Fsp3) is 0.208. The standard InChI is InChI=1S/C24H20Cl2N4O2/c1-14-9-15(20-12-27-13-32-20)11-16(10-14)21-17-5-4-8-29(2)22(17)24(31)30(28-21)23-18(25)6-3-7-19(23)26/h3,6-7,9-13H,4-5,8H2,1-2H3. The molecule has 0 fully saturated rings. The van der Waals surface area contributed by atoms with Gasteiger partial charge in [0.15, 0.2) is 12.2 Å². The number of aromatic nitrogens is 3. The summed E-state index contributed by atoms with van der Waals surface area (Å²) >= 11 is 12.9. The highest BCUT2D eigenvalue weighted by Crippen LogP contribution is 2.35. The van der Waals surface area contributed by atoms with Gasteiger partial charge in [0.25, 0.3) is 5.56 Å². The number of oxazole rings is 1. The van der Waals surface area contributed by atoms with Crippen molar-refractivity contribution in [1.29, 1.82) is 0 Å². The van der Waals surface area contributed by atoms with Crippen molar-refractivity contribution in [3.8, 4) is 28.3 Å². The third-order valence-corrected chi connectivity index (χ3v) is 6.30. The number of rotatable bonds is 3. The second-order valence-corrected chi connectivity index (χ2v) is 8.76. The fourth-order valence-corrected chi connectivity index (χ4v) is 4.84. The maximum atomic E-state index is 13.6. The maximum Gasteiger partial charge on any atom is 0.295 e. The van der Waals surface area contributed by atoms with Crippen molar-refractivity contribution in [2.45, 2.75) is 19.8 Å². The summed E-state index contributed by atoms with van der Waals surface area (Å²) in [5, 5.41) is 5.54. The van der Waals surface area contributed by atoms with Crippen LogP contribution in [0.4, 0.5) is 5.69 Å². The Morgan fingerprint density at radius 2 is 1.81 bits per heavy atom. The molecule has 2 aromatic carbocycles. The molecule has 1 aliphatic rings. The molecule has 2 aromatic heterocycles. The molecule has 6 nitrogen and oxygen atoms in total. The summed E-state index contributed by atoms with van der Waals surface area (Å²) in [5.74, 6) is 0.670. The SMILES string of the molecule is Cc1cc(-c2cnco2)cc(-c2nn(-c3c(Cl)cccc3Cl)c(=O)c3c2CCCN3C)c1. The number of benzene rings is 2. The Hall–Kier alpha value is -3.09. The number of aryl methyl sites for hydroxylation is 1. The molecule has 0 radical (unpaired) electrons. The Morgan fingerprint density at radius 1 is 1.06 bits per heavy atom. The van der Waals surface area contributed by atoms with E-state index in [-0.39, 0.29) is 5.56 Å². The number of halogens is 2. The van der Waals surface area contributed by atoms with Crippen LogP contribution in [0.3, 0.4) is 0 Å². The Morgan fingerprint density at radius 3 is 2.53 bits per heavy atom. The topological polar surface area (TPSA) is 64.2 Å². The zero-order valence-electron chi connectivity index (χ0n) is 17.6. The number of nitrogens with zero attached hydrogens (tertiary/aromatic N) is 4. The van der Waals surface area contributed by atoms with E-state index in [0.29, 0.717) is 27.2 Å². The Balaban J connectivity index is 1.82. The minimum atomic E-state index is -0.232. The summed E-state index contributed by atoms with van der Waals surface area (Å²) in [6.45, 7) is 2.81. The van der Waals surface area contributed by atoms with E-state index in [1.165, 1.54) is 11.1 Å². The van der Waals surface area contributed by atoms with Gasteiger partial charge in [-0.05, 0) is 55.7 Å². The van der Waals surface area contributed by atoms with Crippen LogP contribution >= 0.6 is 23.2 Å². The van der Waals surface area contributed by atoms with Crippen LogP contribution in [0, 0.1) is 6.92 Å². The van der Waals surface area contributed by atoms with Gasteiger partial charge in [0.2, 0.25) is 0 Å². The molecule has 0 aliphatic carbocycles. The summed E-state index contributed by atoms with van der Waals surface area (Å²) in [5.41, 5.74) is 5.26. The summed E-state index contributed by atoms with van der Waals surface area (Å²) in [6.07, 6.45) is 4.79. The molecule has 32 heavy (non-hydrogen) atoms. The molecule has 4 aromatic rings. The van der Waals surface area contributed by atoms with Gasteiger partial charge in [-0.25, -0.2) is 4.98 Å². The van der Waals surface area contributed by atoms with Crippen molar-refractivity contribution in [2.24, 2.45) is 0 Å². The molecular formula is C24H20Cl2N4O2. The average molecular weight is 467 g/mol. The van der Waals surface area contributed by atoms with Crippen LogP contribution in [0.2, 0.25) is 10.0 Å². The summed E-state index contributed by atoms with van der Waals surface area (Å²) in [4.78, 5) is 19.6. The van der Waals surface area contributed by atoms with Crippen molar-refractivity contribution in [3.05, 3.63) is 80.5 Å². The monoisotopic (exact) mass is 466 g/mol. The van der Waals surface area contributed by atoms with Crippen LogP contribution in [-0.2, 0) is 6.42 Å². The van der Waals surface area contributed by atoms with Gasteiger partial charge in [0.05, 0.1) is 21.9 Å². The van der Waals surface area contributed by atoms with E-state index in [1.807, 2.05) is 31.0 Å². The lowest BCUT2D eigenvalue weighted by Crippen LogP contribution is -2.36.